The number of pyridine rings is 1. The Labute approximate surface area is 232 Å². The summed E-state index contributed by atoms with van der Waals surface area (Å²) in [7, 11) is 0.261. The van der Waals surface area contributed by atoms with Crippen LogP contribution in [0.3, 0.4) is 0 Å². The van der Waals surface area contributed by atoms with E-state index in [1.165, 1.54) is 5.56 Å². The van der Waals surface area contributed by atoms with Crippen LogP contribution >= 0.6 is 0 Å². The summed E-state index contributed by atoms with van der Waals surface area (Å²) in [6.07, 6.45) is 1.71. The van der Waals surface area contributed by atoms with E-state index in [0.717, 1.165) is 29.7 Å². The summed E-state index contributed by atoms with van der Waals surface area (Å²) >= 11 is 0. The fraction of sp³-hybridized carbons (Fsp3) is 0.290. The number of carbonyl (C=O) groups excluding carboxylic acids is 1. The first-order valence-electron chi connectivity index (χ1n) is 13.1. The van der Waals surface area contributed by atoms with Crippen molar-refractivity contribution in [2.24, 2.45) is 0 Å². The first-order chi connectivity index (χ1) is 18.9. The Morgan fingerprint density at radius 2 is 1.72 bits per heavy atom. The Balaban J connectivity index is 1.23. The Hall–Kier alpha value is -3.75. The highest BCUT2D eigenvalue weighted by Crippen LogP contribution is 2.30. The molecule has 0 bridgehead atoms. The van der Waals surface area contributed by atoms with Crippen LogP contribution in [0.25, 0.3) is 10.9 Å². The predicted octanol–water partition coefficient (Wildman–Crippen LogP) is 5.11. The van der Waals surface area contributed by atoms with Gasteiger partial charge in [0.25, 0.3) is 5.91 Å². The van der Waals surface area contributed by atoms with Gasteiger partial charge in [-0.15, -0.1) is 0 Å². The van der Waals surface area contributed by atoms with Crippen LogP contribution in [0.5, 0.6) is 5.75 Å². The summed E-state index contributed by atoms with van der Waals surface area (Å²) in [6, 6.07) is 25.4. The lowest BCUT2D eigenvalue weighted by molar-refractivity contribution is 0.0390. The fourth-order valence-corrected chi connectivity index (χ4v) is 6.20. The molecule has 202 valence electrons. The summed E-state index contributed by atoms with van der Waals surface area (Å²) in [5, 5.41) is 4.18. The van der Waals surface area contributed by atoms with E-state index < -0.39 is 10.8 Å². The third-order valence-corrected chi connectivity index (χ3v) is 8.74. The second-order valence-electron chi connectivity index (χ2n) is 10.1. The van der Waals surface area contributed by atoms with E-state index in [4.69, 9.17) is 4.74 Å². The molecule has 1 aromatic heterocycles. The van der Waals surface area contributed by atoms with Gasteiger partial charge in [0, 0.05) is 55.1 Å². The topological polar surface area (TPSA) is 74.8 Å². The second kappa shape index (κ2) is 11.6. The summed E-state index contributed by atoms with van der Waals surface area (Å²) in [5.74, 6) is 0.668. The number of nitrogens with zero attached hydrogens (tertiary/aromatic N) is 3. The molecule has 1 aliphatic heterocycles. The predicted molar refractivity (Wildman–Crippen MR) is 157 cm³/mol. The number of ether oxygens (including phenoxy) is 1. The molecule has 4 aromatic rings. The number of aromatic nitrogens is 1. The standard InChI is InChI=1S/C31H34N4O3S/c1-31(2,24-11-5-4-6-12-24)35-19-17-34(18-20-35)30(36)26-15-14-25(21-27(26)38-3)33-22-39(37)28-13-7-9-23-10-8-16-32-29(23)28/h4-16,21,33H,17-20,22H2,1-3H3. The Bertz CT molecular complexity index is 1480. The molecule has 1 aliphatic rings. The van der Waals surface area contributed by atoms with Crippen molar-refractivity contribution in [3.8, 4) is 5.75 Å². The normalized spacial score (nSPS) is 15.2. The van der Waals surface area contributed by atoms with E-state index in [0.29, 0.717) is 29.3 Å². The van der Waals surface area contributed by atoms with E-state index in [-0.39, 0.29) is 17.3 Å². The van der Waals surface area contributed by atoms with E-state index >= 15 is 0 Å². The van der Waals surface area contributed by atoms with Gasteiger partial charge in [0.05, 0.1) is 39.8 Å². The van der Waals surface area contributed by atoms with Crippen LogP contribution < -0.4 is 10.1 Å². The third-order valence-electron chi connectivity index (χ3n) is 7.52. The average Bonchev–Trinajstić information content (AvgIpc) is 2.99. The monoisotopic (exact) mass is 542 g/mol. The van der Waals surface area contributed by atoms with Crippen LogP contribution in [0.1, 0.15) is 29.8 Å². The van der Waals surface area contributed by atoms with Gasteiger partial charge in [-0.2, -0.15) is 0 Å². The van der Waals surface area contributed by atoms with Crippen LogP contribution in [0.2, 0.25) is 0 Å². The summed E-state index contributed by atoms with van der Waals surface area (Å²) in [5.41, 5.74) is 3.17. The smallest absolute Gasteiger partial charge is 0.257 e. The number of anilines is 1. The average molecular weight is 543 g/mol. The molecule has 5 rings (SSSR count). The number of fused-ring (bicyclic) bond motifs is 1. The summed E-state index contributed by atoms with van der Waals surface area (Å²) in [4.78, 5) is 22.9. The van der Waals surface area contributed by atoms with Crippen molar-refractivity contribution >= 4 is 33.3 Å². The minimum atomic E-state index is -1.30. The van der Waals surface area contributed by atoms with Gasteiger partial charge in [0.2, 0.25) is 0 Å². The van der Waals surface area contributed by atoms with E-state index in [9.17, 15) is 9.00 Å². The summed E-state index contributed by atoms with van der Waals surface area (Å²) in [6.45, 7) is 7.36. The summed E-state index contributed by atoms with van der Waals surface area (Å²) < 4.78 is 18.7. The number of para-hydroxylation sites is 1. The lowest BCUT2D eigenvalue weighted by Gasteiger charge is -2.44. The number of carbonyl (C=O) groups is 1. The number of amides is 1. The van der Waals surface area contributed by atoms with Crippen LogP contribution in [-0.4, -0.2) is 64.1 Å². The van der Waals surface area contributed by atoms with Crippen molar-refractivity contribution in [3.63, 3.8) is 0 Å². The van der Waals surface area contributed by atoms with Crippen molar-refractivity contribution in [1.29, 1.82) is 0 Å². The molecule has 3 aromatic carbocycles. The number of benzene rings is 3. The molecule has 1 atom stereocenters. The minimum absolute atomic E-state index is 0.0408. The molecule has 0 saturated carbocycles. The van der Waals surface area contributed by atoms with E-state index in [2.05, 4.69) is 53.3 Å². The number of hydrogen-bond acceptors (Lipinski definition) is 6. The van der Waals surface area contributed by atoms with Crippen molar-refractivity contribution in [3.05, 3.63) is 96.2 Å². The molecule has 1 unspecified atom stereocenters. The van der Waals surface area contributed by atoms with Gasteiger partial charge in [0.15, 0.2) is 0 Å². The largest absolute Gasteiger partial charge is 0.496 e. The SMILES string of the molecule is COc1cc(NCS(=O)c2cccc3cccnc23)ccc1C(=O)N1CCN(C(C)(C)c2ccccc2)CC1. The van der Waals surface area contributed by atoms with Crippen LogP contribution in [0.4, 0.5) is 5.69 Å². The molecule has 8 heteroatoms. The van der Waals surface area contributed by atoms with Gasteiger partial charge in [-0.05, 0) is 43.7 Å². The zero-order valence-electron chi connectivity index (χ0n) is 22.6. The van der Waals surface area contributed by atoms with Gasteiger partial charge < -0.3 is 15.0 Å². The fourth-order valence-electron chi connectivity index (χ4n) is 5.13. The molecule has 1 saturated heterocycles. The zero-order chi connectivity index (χ0) is 27.4. The van der Waals surface area contributed by atoms with Crippen molar-refractivity contribution in [1.82, 2.24) is 14.8 Å². The highest BCUT2D eigenvalue weighted by atomic mass is 32.2. The number of piperazine rings is 1. The van der Waals surface area contributed by atoms with Gasteiger partial charge in [-0.25, -0.2) is 0 Å². The third kappa shape index (κ3) is 5.67. The molecule has 0 spiro atoms. The first kappa shape index (κ1) is 26.8. The molecule has 39 heavy (non-hydrogen) atoms. The lowest BCUT2D eigenvalue weighted by atomic mass is 9.91. The zero-order valence-corrected chi connectivity index (χ0v) is 23.4. The maximum atomic E-state index is 13.4. The molecule has 0 radical (unpaired) electrons. The Morgan fingerprint density at radius 1 is 0.974 bits per heavy atom. The van der Waals surface area contributed by atoms with Crippen molar-refractivity contribution < 1.29 is 13.7 Å². The first-order valence-corrected chi connectivity index (χ1v) is 14.4. The van der Waals surface area contributed by atoms with Gasteiger partial charge in [-0.1, -0.05) is 48.5 Å². The van der Waals surface area contributed by atoms with Gasteiger partial charge in [-0.3, -0.25) is 18.9 Å². The number of nitrogens with one attached hydrogen (secondary N) is 1. The second-order valence-corrected chi connectivity index (χ2v) is 11.5. The van der Waals surface area contributed by atoms with Crippen LogP contribution in [0.15, 0.2) is 90.0 Å². The maximum Gasteiger partial charge on any atom is 0.257 e. The molecule has 7 nitrogen and oxygen atoms in total. The van der Waals surface area contributed by atoms with Crippen LogP contribution in [0, 0.1) is 0 Å². The Kier molecular flexibility index (Phi) is 7.95. The maximum absolute atomic E-state index is 13.4. The van der Waals surface area contributed by atoms with Crippen molar-refractivity contribution in [2.75, 3.05) is 44.5 Å². The Morgan fingerprint density at radius 3 is 2.46 bits per heavy atom. The van der Waals surface area contributed by atoms with Gasteiger partial charge in [0.1, 0.15) is 5.75 Å². The van der Waals surface area contributed by atoms with E-state index in [1.807, 2.05) is 47.4 Å². The van der Waals surface area contributed by atoms with Crippen molar-refractivity contribution in [2.45, 2.75) is 24.3 Å². The van der Waals surface area contributed by atoms with E-state index in [1.54, 1.807) is 25.4 Å². The molecule has 1 fully saturated rings. The molecule has 1 N–H and O–H groups in total. The quantitative estimate of drug-likeness (QED) is 0.333. The molecular formula is C31H34N4O3S. The molecule has 1 amide bonds. The molecular weight excluding hydrogens is 508 g/mol. The highest BCUT2D eigenvalue weighted by Gasteiger charge is 2.33. The molecule has 2 heterocycles. The number of hydrogen-bond donors (Lipinski definition) is 1. The molecule has 0 aliphatic carbocycles. The highest BCUT2D eigenvalue weighted by molar-refractivity contribution is 7.85. The lowest BCUT2D eigenvalue weighted by Crippen LogP contribution is -2.54. The van der Waals surface area contributed by atoms with Crippen LogP contribution in [-0.2, 0) is 16.3 Å². The minimum Gasteiger partial charge on any atom is -0.496 e. The number of rotatable bonds is 8. The van der Waals surface area contributed by atoms with Gasteiger partial charge >= 0.3 is 0 Å². The number of methoxy groups -OCH3 is 1.